The minimum Gasteiger partial charge on any atom is -0.481 e. The van der Waals surface area contributed by atoms with Crippen molar-refractivity contribution in [3.05, 3.63) is 35.4 Å². The Kier molecular flexibility index (Phi) is 25.7. The molecular formula is C42H62N5O20P. The van der Waals surface area contributed by atoms with Crippen molar-refractivity contribution in [2.45, 2.75) is 63.8 Å². The minimum atomic E-state index is -4.62. The zero-order valence-electron chi connectivity index (χ0n) is 37.5. The highest BCUT2D eigenvalue weighted by Crippen LogP contribution is 2.44. The zero-order valence-corrected chi connectivity index (χ0v) is 38.4. The van der Waals surface area contributed by atoms with E-state index in [1.54, 1.807) is 26.8 Å². The molecule has 1 fully saturated rings. The standard InChI is InChI=1S/C42H62N5O20P/c48-32(23-44-13-15-45(24-37(53)54)17-19-47(26-39(57)58)20-18-46(16-14-44)25-38(55)56)3-1-2-28-4-6-29(7-5-28)34(49)22-30(40(59)60)8-10-35(50)43-33(42(63)64)12-21-67-68(65,66)27-31(41(61)62)9-11-36(51)52/h4-7,30-31,33H,1-3,8-27H2,(H,43,50)(H,51,52)(H,53,54)(H,55,56)(H,57,58)(H,59,60)(H,61,62)(H,63,64)(H,65,66). The summed E-state index contributed by atoms with van der Waals surface area (Å²) in [5.74, 6) is -13.4. The Bertz CT molecular complexity index is 1940. The van der Waals surface area contributed by atoms with Gasteiger partial charge in [-0.1, -0.05) is 24.3 Å². The Balaban J connectivity index is 1.91. The molecule has 1 saturated heterocycles. The second-order valence-corrected chi connectivity index (χ2v) is 18.3. The molecule has 68 heavy (non-hydrogen) atoms. The van der Waals surface area contributed by atoms with Crippen molar-refractivity contribution < 1.29 is 97.7 Å². The number of carbonyl (C=O) groups is 10. The van der Waals surface area contributed by atoms with Crippen molar-refractivity contribution in [2.24, 2.45) is 11.8 Å². The van der Waals surface area contributed by atoms with E-state index >= 15 is 0 Å². The summed E-state index contributed by atoms with van der Waals surface area (Å²) >= 11 is 0. The summed E-state index contributed by atoms with van der Waals surface area (Å²) in [6, 6.07) is 4.64. The number of aliphatic carboxylic acids is 7. The third-order valence-corrected chi connectivity index (χ3v) is 12.4. The molecule has 25 nitrogen and oxygen atoms in total. The van der Waals surface area contributed by atoms with Gasteiger partial charge in [0.2, 0.25) is 5.91 Å². The predicted octanol–water partition coefficient (Wildman–Crippen LogP) is -0.165. The fraction of sp³-hybridized carbons (Fsp3) is 0.619. The highest BCUT2D eigenvalue weighted by Gasteiger charge is 2.32. The summed E-state index contributed by atoms with van der Waals surface area (Å²) in [7, 11) is -4.62. The van der Waals surface area contributed by atoms with Crippen molar-refractivity contribution in [2.75, 3.05) is 91.3 Å². The summed E-state index contributed by atoms with van der Waals surface area (Å²) in [4.78, 5) is 136. The number of nitrogens with zero attached hydrogens (tertiary/aromatic N) is 4. The van der Waals surface area contributed by atoms with Crippen LogP contribution in [0.3, 0.4) is 0 Å². The number of rotatable bonds is 31. The van der Waals surface area contributed by atoms with Gasteiger partial charge in [0.15, 0.2) is 5.78 Å². The van der Waals surface area contributed by atoms with Gasteiger partial charge in [0.25, 0.3) is 0 Å². The Hall–Kier alpha value is -5.69. The van der Waals surface area contributed by atoms with Gasteiger partial charge in [0.1, 0.15) is 11.8 Å². The maximum Gasteiger partial charge on any atom is 0.328 e. The Morgan fingerprint density at radius 2 is 1.03 bits per heavy atom. The van der Waals surface area contributed by atoms with Crippen LogP contribution in [0.4, 0.5) is 0 Å². The van der Waals surface area contributed by atoms with Crippen LogP contribution in [-0.4, -0.2) is 217 Å². The number of carboxylic acids is 7. The van der Waals surface area contributed by atoms with E-state index < -0.39 is 124 Å². The largest absolute Gasteiger partial charge is 0.481 e. The van der Waals surface area contributed by atoms with Gasteiger partial charge in [-0.05, 0) is 31.2 Å². The summed E-state index contributed by atoms with van der Waals surface area (Å²) in [5.41, 5.74) is 0.959. The van der Waals surface area contributed by atoms with Crippen molar-refractivity contribution in [1.82, 2.24) is 24.9 Å². The molecule has 1 aromatic rings. The first kappa shape index (κ1) is 58.4. The highest BCUT2D eigenvalue weighted by molar-refractivity contribution is 7.52. The average Bonchev–Trinajstić information content (AvgIpc) is 3.23. The summed E-state index contributed by atoms with van der Waals surface area (Å²) in [6.45, 7) is 0.508. The number of carboxylic acid groups (broad SMARTS) is 7. The molecule has 0 radical (unpaired) electrons. The molecule has 0 bridgehead atoms. The molecule has 0 aliphatic carbocycles. The van der Waals surface area contributed by atoms with Gasteiger partial charge < -0.3 is 50.5 Å². The molecule has 2 rings (SSSR count). The number of Topliss-reactive ketones (excluding diaryl/α,β-unsaturated/α-hetero) is 2. The van der Waals surface area contributed by atoms with Crippen LogP contribution in [-0.2, 0) is 58.7 Å². The van der Waals surface area contributed by atoms with Crippen LogP contribution >= 0.6 is 7.60 Å². The molecule has 26 heteroatoms. The lowest BCUT2D eigenvalue weighted by atomic mass is 9.93. The lowest BCUT2D eigenvalue weighted by molar-refractivity contribution is -0.144. The SMILES string of the molecule is O=C(O)CCC(CP(=O)(O)OCCC(NC(=O)CCC(CC(=O)c1ccc(CCCC(=O)CN2CCN(CC(=O)O)CCN(CC(=O)O)CCN(CC(=O)O)CC2)cc1)C(=O)O)C(=O)O)C(=O)O. The van der Waals surface area contributed by atoms with Crippen LogP contribution in [0, 0.1) is 11.8 Å². The van der Waals surface area contributed by atoms with Crippen LogP contribution < -0.4 is 5.32 Å². The number of ketones is 2. The second kappa shape index (κ2) is 29.9. The molecule has 1 amide bonds. The molecule has 0 saturated carbocycles. The van der Waals surface area contributed by atoms with E-state index in [0.717, 1.165) is 5.56 Å². The van der Waals surface area contributed by atoms with Gasteiger partial charge in [-0.3, -0.25) is 67.3 Å². The maximum absolute atomic E-state index is 13.2. The number of amides is 1. The van der Waals surface area contributed by atoms with E-state index in [1.165, 1.54) is 12.1 Å². The van der Waals surface area contributed by atoms with E-state index in [1.807, 2.05) is 4.90 Å². The molecule has 380 valence electrons. The monoisotopic (exact) mass is 987 g/mol. The first-order valence-electron chi connectivity index (χ1n) is 21.8. The third kappa shape index (κ3) is 24.9. The summed E-state index contributed by atoms with van der Waals surface area (Å²) in [6.07, 6.45) is -2.84. The van der Waals surface area contributed by atoms with Gasteiger partial charge in [-0.25, -0.2) is 4.79 Å². The van der Waals surface area contributed by atoms with E-state index in [0.29, 0.717) is 25.9 Å². The number of carbonyl (C=O) groups excluding carboxylic acids is 3. The van der Waals surface area contributed by atoms with Crippen molar-refractivity contribution >= 4 is 66.9 Å². The first-order chi connectivity index (χ1) is 31.9. The third-order valence-electron chi connectivity index (χ3n) is 10.9. The Morgan fingerprint density at radius 1 is 0.574 bits per heavy atom. The van der Waals surface area contributed by atoms with Crippen LogP contribution in [0.2, 0.25) is 0 Å². The van der Waals surface area contributed by atoms with Crippen LogP contribution in [0.5, 0.6) is 0 Å². The predicted molar refractivity (Wildman–Crippen MR) is 235 cm³/mol. The normalized spacial score (nSPS) is 17.0. The molecule has 0 aromatic heterocycles. The molecule has 9 N–H and O–H groups in total. The van der Waals surface area contributed by atoms with Crippen molar-refractivity contribution in [3.8, 4) is 0 Å². The van der Waals surface area contributed by atoms with Gasteiger partial charge >= 0.3 is 49.4 Å². The smallest absolute Gasteiger partial charge is 0.328 e. The fourth-order valence-electron chi connectivity index (χ4n) is 7.18. The number of benzene rings is 1. The van der Waals surface area contributed by atoms with Crippen molar-refractivity contribution in [1.29, 1.82) is 0 Å². The topological polar surface area (TPSA) is 384 Å². The number of nitrogens with one attached hydrogen (secondary N) is 1. The maximum atomic E-state index is 13.2. The molecular weight excluding hydrogens is 925 g/mol. The molecule has 1 heterocycles. The number of hydrogen-bond acceptors (Lipinski definition) is 16. The molecule has 1 aliphatic rings. The molecule has 1 aromatic carbocycles. The van der Waals surface area contributed by atoms with Gasteiger partial charge in [-0.2, -0.15) is 0 Å². The van der Waals surface area contributed by atoms with Gasteiger partial charge in [0.05, 0.1) is 50.8 Å². The van der Waals surface area contributed by atoms with Crippen LogP contribution in [0.15, 0.2) is 24.3 Å². The quantitative estimate of drug-likeness (QED) is 0.0344. The minimum absolute atomic E-state index is 0.0223. The van der Waals surface area contributed by atoms with Gasteiger partial charge in [-0.15, -0.1) is 0 Å². The van der Waals surface area contributed by atoms with E-state index in [9.17, 15) is 88.0 Å². The van der Waals surface area contributed by atoms with E-state index in [-0.39, 0.29) is 89.6 Å². The van der Waals surface area contributed by atoms with E-state index in [4.69, 9.17) is 9.63 Å². The first-order valence-corrected chi connectivity index (χ1v) is 23.5. The summed E-state index contributed by atoms with van der Waals surface area (Å²) < 4.78 is 17.2. The number of hydrogen-bond donors (Lipinski definition) is 9. The fourth-order valence-corrected chi connectivity index (χ4v) is 8.57. The molecule has 4 atom stereocenters. The van der Waals surface area contributed by atoms with E-state index in [2.05, 4.69) is 5.32 Å². The Labute approximate surface area is 391 Å². The molecule has 1 aliphatic heterocycles. The van der Waals surface area contributed by atoms with Crippen LogP contribution in [0.25, 0.3) is 0 Å². The zero-order chi connectivity index (χ0) is 51.0. The molecule has 4 unspecified atom stereocenters. The van der Waals surface area contributed by atoms with Crippen LogP contribution in [0.1, 0.15) is 67.3 Å². The lowest BCUT2D eigenvalue weighted by Crippen LogP contribution is -2.49. The molecule has 0 spiro atoms. The van der Waals surface area contributed by atoms with Gasteiger partial charge in [0, 0.05) is 90.0 Å². The summed E-state index contributed by atoms with van der Waals surface area (Å²) in [5, 5.41) is 67.7. The van der Waals surface area contributed by atoms with Crippen molar-refractivity contribution in [3.63, 3.8) is 0 Å². The second-order valence-electron chi connectivity index (χ2n) is 16.4. The lowest BCUT2D eigenvalue weighted by Gasteiger charge is -2.32. The average molecular weight is 988 g/mol. The highest BCUT2D eigenvalue weighted by atomic mass is 31.2. The number of aryl methyl sites for hydroxylation is 1. The Morgan fingerprint density at radius 3 is 1.46 bits per heavy atom.